The van der Waals surface area contributed by atoms with Crippen LogP contribution in [0.3, 0.4) is 0 Å². The van der Waals surface area contributed by atoms with Crippen LogP contribution < -0.4 is 0 Å². The highest BCUT2D eigenvalue weighted by molar-refractivity contribution is 6.20. The Morgan fingerprint density at radius 2 is 1.65 bits per heavy atom. The van der Waals surface area contributed by atoms with Crippen molar-refractivity contribution >= 4 is 11.6 Å². The average Bonchev–Trinajstić information content (AvgIpc) is 2.32. The number of benzene rings is 1. The Bertz CT molecular complexity index is 313. The van der Waals surface area contributed by atoms with E-state index in [1.807, 2.05) is 0 Å². The summed E-state index contributed by atoms with van der Waals surface area (Å²) in [4.78, 5) is 0. The second-order valence-electron chi connectivity index (χ2n) is 4.98. The molecule has 1 heteroatoms. The molecule has 0 fully saturated rings. The van der Waals surface area contributed by atoms with Crippen molar-refractivity contribution in [2.75, 3.05) is 0 Å². The van der Waals surface area contributed by atoms with Crippen molar-refractivity contribution in [2.45, 2.75) is 58.3 Å². The van der Waals surface area contributed by atoms with Gasteiger partial charge in [-0.3, -0.25) is 0 Å². The van der Waals surface area contributed by atoms with Gasteiger partial charge in [0, 0.05) is 5.38 Å². The highest BCUT2D eigenvalue weighted by Gasteiger charge is 2.18. The van der Waals surface area contributed by atoms with Gasteiger partial charge in [-0.1, -0.05) is 51.0 Å². The fourth-order valence-corrected chi connectivity index (χ4v) is 2.88. The van der Waals surface area contributed by atoms with Gasteiger partial charge in [0.1, 0.15) is 0 Å². The summed E-state index contributed by atoms with van der Waals surface area (Å²) >= 11 is 6.61. The van der Waals surface area contributed by atoms with Crippen LogP contribution in [0.5, 0.6) is 0 Å². The lowest BCUT2D eigenvalue weighted by Gasteiger charge is -2.22. The maximum atomic E-state index is 6.61. The van der Waals surface area contributed by atoms with E-state index in [0.717, 1.165) is 6.42 Å². The van der Waals surface area contributed by atoms with Crippen LogP contribution in [0.4, 0.5) is 0 Å². The molecule has 0 radical (unpaired) electrons. The summed E-state index contributed by atoms with van der Waals surface area (Å²) in [6, 6.07) is 8.59. The molecule has 96 valence electrons. The molecule has 1 atom stereocenters. The molecular weight excluding hydrogens is 228 g/mol. The van der Waals surface area contributed by atoms with Crippen molar-refractivity contribution in [3.63, 3.8) is 0 Å². The number of halogens is 1. The van der Waals surface area contributed by atoms with Crippen molar-refractivity contribution in [1.82, 2.24) is 0 Å². The molecule has 0 saturated heterocycles. The first-order chi connectivity index (χ1) is 8.19. The molecule has 0 aromatic heterocycles. The van der Waals surface area contributed by atoms with Crippen molar-refractivity contribution in [3.05, 3.63) is 35.4 Å². The highest BCUT2D eigenvalue weighted by atomic mass is 35.5. The smallest absolute Gasteiger partial charge is 0.0404 e. The largest absolute Gasteiger partial charge is 0.122 e. The Kier molecular flexibility index (Phi) is 6.65. The zero-order chi connectivity index (χ0) is 12.7. The van der Waals surface area contributed by atoms with Gasteiger partial charge in [-0.25, -0.2) is 0 Å². The Balaban J connectivity index is 2.62. The lowest BCUT2D eigenvalue weighted by molar-refractivity contribution is 0.417. The van der Waals surface area contributed by atoms with E-state index >= 15 is 0 Å². The van der Waals surface area contributed by atoms with Crippen LogP contribution in [0.1, 0.15) is 50.7 Å². The molecule has 17 heavy (non-hydrogen) atoms. The van der Waals surface area contributed by atoms with Gasteiger partial charge in [-0.15, -0.1) is 11.6 Å². The van der Waals surface area contributed by atoms with Crippen LogP contribution in [-0.2, 0) is 6.42 Å². The van der Waals surface area contributed by atoms with Crippen LogP contribution in [0.2, 0.25) is 0 Å². The monoisotopic (exact) mass is 252 g/mol. The number of hydrogen-bond donors (Lipinski definition) is 0. The van der Waals surface area contributed by atoms with Gasteiger partial charge in [0.15, 0.2) is 0 Å². The third-order valence-corrected chi connectivity index (χ3v) is 4.02. The molecule has 1 aromatic carbocycles. The molecular formula is C16H25Cl. The van der Waals surface area contributed by atoms with E-state index in [9.17, 15) is 0 Å². The van der Waals surface area contributed by atoms with Gasteiger partial charge in [-0.2, -0.15) is 0 Å². The van der Waals surface area contributed by atoms with Gasteiger partial charge in [0.05, 0.1) is 0 Å². The molecule has 0 saturated carbocycles. The van der Waals surface area contributed by atoms with E-state index in [0.29, 0.717) is 5.92 Å². The highest BCUT2D eigenvalue weighted by Crippen LogP contribution is 2.26. The molecule has 1 aromatic rings. The minimum atomic E-state index is 0.288. The molecule has 1 rings (SSSR count). The van der Waals surface area contributed by atoms with Gasteiger partial charge >= 0.3 is 0 Å². The number of rotatable bonds is 7. The predicted molar refractivity (Wildman–Crippen MR) is 77.8 cm³/mol. The van der Waals surface area contributed by atoms with Crippen LogP contribution >= 0.6 is 11.6 Å². The second kappa shape index (κ2) is 7.76. The molecule has 0 bridgehead atoms. The molecule has 0 aliphatic rings. The predicted octanol–water partition coefficient (Wildman–Crippen LogP) is 5.36. The normalized spacial score (nSPS) is 13.0. The summed E-state index contributed by atoms with van der Waals surface area (Å²) in [6.45, 7) is 6.67. The number of hydrogen-bond acceptors (Lipinski definition) is 0. The Morgan fingerprint density at radius 1 is 1.06 bits per heavy atom. The van der Waals surface area contributed by atoms with E-state index in [1.165, 1.54) is 36.8 Å². The standard InChI is InChI=1S/C16H25Cl/c1-4-8-14(9-5-2)16(17)12-15-11-7-6-10-13(15)3/h6-7,10-11,14,16H,4-5,8-9,12H2,1-3H3. The molecule has 0 heterocycles. The SMILES string of the molecule is CCCC(CCC)C(Cl)Cc1ccccc1C. The maximum absolute atomic E-state index is 6.61. The molecule has 0 nitrogen and oxygen atoms in total. The lowest BCUT2D eigenvalue weighted by atomic mass is 9.90. The first kappa shape index (κ1) is 14.6. The summed E-state index contributed by atoms with van der Waals surface area (Å²) in [5.41, 5.74) is 2.77. The lowest BCUT2D eigenvalue weighted by Crippen LogP contribution is -2.18. The van der Waals surface area contributed by atoms with Gasteiger partial charge in [-0.05, 0) is 43.2 Å². The van der Waals surface area contributed by atoms with Crippen molar-refractivity contribution in [3.8, 4) is 0 Å². The second-order valence-corrected chi connectivity index (χ2v) is 5.54. The van der Waals surface area contributed by atoms with E-state index in [4.69, 9.17) is 11.6 Å². The van der Waals surface area contributed by atoms with E-state index in [-0.39, 0.29) is 5.38 Å². The van der Waals surface area contributed by atoms with Crippen LogP contribution in [-0.4, -0.2) is 5.38 Å². The Labute approximate surface area is 111 Å². The summed E-state index contributed by atoms with van der Waals surface area (Å²) < 4.78 is 0. The molecule has 0 aliphatic heterocycles. The fourth-order valence-electron chi connectivity index (χ4n) is 2.46. The van der Waals surface area contributed by atoms with Crippen LogP contribution in [0.25, 0.3) is 0 Å². The first-order valence-corrected chi connectivity index (χ1v) is 7.31. The molecule has 0 spiro atoms. The number of alkyl halides is 1. The summed E-state index contributed by atoms with van der Waals surface area (Å²) in [6.07, 6.45) is 6.00. The van der Waals surface area contributed by atoms with Crippen molar-refractivity contribution in [2.24, 2.45) is 5.92 Å². The molecule has 0 N–H and O–H groups in total. The summed E-state index contributed by atoms with van der Waals surface area (Å²) in [7, 11) is 0. The number of aryl methyl sites for hydroxylation is 1. The summed E-state index contributed by atoms with van der Waals surface area (Å²) in [5, 5.41) is 0.288. The van der Waals surface area contributed by atoms with Crippen LogP contribution in [0, 0.1) is 12.8 Å². The zero-order valence-corrected chi connectivity index (χ0v) is 12.1. The van der Waals surface area contributed by atoms with Gasteiger partial charge in [0.2, 0.25) is 0 Å². The van der Waals surface area contributed by atoms with E-state index in [2.05, 4.69) is 45.0 Å². The van der Waals surface area contributed by atoms with Gasteiger partial charge < -0.3 is 0 Å². The first-order valence-electron chi connectivity index (χ1n) is 6.87. The quantitative estimate of drug-likeness (QED) is 0.573. The third-order valence-electron chi connectivity index (χ3n) is 3.51. The van der Waals surface area contributed by atoms with Crippen LogP contribution in [0.15, 0.2) is 24.3 Å². The van der Waals surface area contributed by atoms with E-state index < -0.39 is 0 Å². The third kappa shape index (κ3) is 4.71. The topological polar surface area (TPSA) is 0 Å². The Hall–Kier alpha value is -0.490. The average molecular weight is 253 g/mol. The molecule has 1 unspecified atom stereocenters. The van der Waals surface area contributed by atoms with E-state index in [1.54, 1.807) is 0 Å². The van der Waals surface area contributed by atoms with Crippen molar-refractivity contribution in [1.29, 1.82) is 0 Å². The van der Waals surface area contributed by atoms with Gasteiger partial charge in [0.25, 0.3) is 0 Å². The minimum Gasteiger partial charge on any atom is -0.122 e. The molecule has 0 amide bonds. The van der Waals surface area contributed by atoms with Crippen molar-refractivity contribution < 1.29 is 0 Å². The maximum Gasteiger partial charge on any atom is 0.0404 e. The summed E-state index contributed by atoms with van der Waals surface area (Å²) in [5.74, 6) is 0.672. The fraction of sp³-hybridized carbons (Fsp3) is 0.625. The molecule has 0 aliphatic carbocycles. The Morgan fingerprint density at radius 3 is 2.18 bits per heavy atom. The zero-order valence-electron chi connectivity index (χ0n) is 11.4. The minimum absolute atomic E-state index is 0.288.